The molecule has 0 saturated heterocycles. The highest BCUT2D eigenvalue weighted by Crippen LogP contribution is 2.32. The van der Waals surface area contributed by atoms with Crippen LogP contribution in [0.5, 0.6) is 0 Å². The van der Waals surface area contributed by atoms with E-state index in [4.69, 9.17) is 0 Å². The monoisotopic (exact) mass is 304 g/mol. The first kappa shape index (κ1) is 14.1. The molecule has 0 amide bonds. The molecule has 1 aliphatic rings. The maximum atomic E-state index is 4.45. The van der Waals surface area contributed by atoms with Crippen molar-refractivity contribution in [1.82, 2.24) is 19.7 Å². The first-order valence-electron chi connectivity index (χ1n) is 8.02. The van der Waals surface area contributed by atoms with Crippen LogP contribution in [0.1, 0.15) is 38.0 Å². The lowest BCUT2D eigenvalue weighted by molar-refractivity contribution is 0.528. The van der Waals surface area contributed by atoms with Gasteiger partial charge in [0.1, 0.15) is 11.6 Å². The third-order valence-electron chi connectivity index (χ3n) is 4.33. The van der Waals surface area contributed by atoms with Crippen LogP contribution in [0.2, 0.25) is 0 Å². The summed E-state index contributed by atoms with van der Waals surface area (Å²) < 4.78 is 2.24. The largest absolute Gasteiger partial charge is 0.282 e. The van der Waals surface area contributed by atoms with Crippen LogP contribution in [0.4, 0.5) is 0 Å². The van der Waals surface area contributed by atoms with Gasteiger partial charge in [-0.05, 0) is 41.3 Å². The molecule has 0 fully saturated rings. The minimum Gasteiger partial charge on any atom is -0.282 e. The van der Waals surface area contributed by atoms with Gasteiger partial charge in [-0.1, -0.05) is 32.9 Å². The first-order chi connectivity index (χ1) is 11.0. The topological polar surface area (TPSA) is 43.6 Å². The third kappa shape index (κ3) is 2.34. The summed E-state index contributed by atoms with van der Waals surface area (Å²) in [5.41, 5.74) is 4.91. The van der Waals surface area contributed by atoms with E-state index in [0.717, 1.165) is 30.1 Å². The van der Waals surface area contributed by atoms with Gasteiger partial charge < -0.3 is 0 Å². The molecule has 2 aromatic heterocycles. The average molecular weight is 304 g/mol. The molecule has 0 saturated carbocycles. The Morgan fingerprint density at radius 2 is 1.87 bits per heavy atom. The van der Waals surface area contributed by atoms with Gasteiger partial charge in [0.2, 0.25) is 0 Å². The molecule has 0 unspecified atom stereocenters. The van der Waals surface area contributed by atoms with E-state index < -0.39 is 0 Å². The Bertz CT molecular complexity index is 857. The number of aromatic nitrogens is 4. The first-order valence-corrected chi connectivity index (χ1v) is 8.02. The summed E-state index contributed by atoms with van der Waals surface area (Å²) in [6, 6.07) is 10.7. The Hall–Kier alpha value is -2.49. The summed E-state index contributed by atoms with van der Waals surface area (Å²) in [6.45, 7) is 6.55. The Labute approximate surface area is 136 Å². The summed E-state index contributed by atoms with van der Waals surface area (Å²) in [4.78, 5) is 4.22. The lowest BCUT2D eigenvalue weighted by Gasteiger charge is -2.24. The van der Waals surface area contributed by atoms with E-state index >= 15 is 0 Å². The van der Waals surface area contributed by atoms with Crippen LogP contribution in [0.15, 0.2) is 42.7 Å². The zero-order chi connectivity index (χ0) is 16.0. The van der Waals surface area contributed by atoms with E-state index in [0.29, 0.717) is 0 Å². The van der Waals surface area contributed by atoms with Crippen molar-refractivity contribution in [2.75, 3.05) is 0 Å². The van der Waals surface area contributed by atoms with E-state index in [1.54, 1.807) is 6.20 Å². The van der Waals surface area contributed by atoms with Crippen LogP contribution in [-0.2, 0) is 18.3 Å². The van der Waals surface area contributed by atoms with Crippen molar-refractivity contribution in [2.24, 2.45) is 0 Å². The highest BCUT2D eigenvalue weighted by atomic mass is 15.3. The zero-order valence-electron chi connectivity index (χ0n) is 13.7. The number of rotatable bonds is 1. The predicted octanol–water partition coefficient (Wildman–Crippen LogP) is 3.73. The molecular formula is C19H20N4. The Morgan fingerprint density at radius 1 is 1.00 bits per heavy atom. The highest BCUT2D eigenvalue weighted by Gasteiger charge is 2.28. The Balaban J connectivity index is 1.85. The van der Waals surface area contributed by atoms with Crippen molar-refractivity contribution in [3.8, 4) is 16.8 Å². The van der Waals surface area contributed by atoms with Crippen LogP contribution in [0.25, 0.3) is 16.8 Å². The summed E-state index contributed by atoms with van der Waals surface area (Å²) >= 11 is 0. The molecule has 0 radical (unpaired) electrons. The Morgan fingerprint density at radius 3 is 2.61 bits per heavy atom. The van der Waals surface area contributed by atoms with Crippen molar-refractivity contribution in [3.05, 3.63) is 59.9 Å². The predicted molar refractivity (Wildman–Crippen MR) is 90.7 cm³/mol. The zero-order valence-corrected chi connectivity index (χ0v) is 13.7. The lowest BCUT2D eigenvalue weighted by atomic mass is 9.93. The van der Waals surface area contributed by atoms with Gasteiger partial charge >= 0.3 is 0 Å². The van der Waals surface area contributed by atoms with Crippen LogP contribution in [-0.4, -0.2) is 19.7 Å². The van der Waals surface area contributed by atoms with Crippen molar-refractivity contribution < 1.29 is 0 Å². The van der Waals surface area contributed by atoms with Crippen LogP contribution < -0.4 is 0 Å². The quantitative estimate of drug-likeness (QED) is 0.688. The van der Waals surface area contributed by atoms with Crippen molar-refractivity contribution in [3.63, 3.8) is 0 Å². The van der Waals surface area contributed by atoms with Crippen molar-refractivity contribution >= 4 is 0 Å². The molecule has 1 aromatic carbocycles. The standard InChI is InChI=1S/C19H20N4/c1-19(2,3)18-22-21-17-9-7-14-11-13(6-8-16(14)23(17)18)15-5-4-10-20-12-15/h4-6,8,10-12H,7,9H2,1-3H3. The van der Waals surface area contributed by atoms with Gasteiger partial charge in [0.15, 0.2) is 0 Å². The second-order valence-electron chi connectivity index (χ2n) is 7.11. The second-order valence-corrected chi connectivity index (χ2v) is 7.11. The van der Waals surface area contributed by atoms with Crippen molar-refractivity contribution in [2.45, 2.75) is 39.0 Å². The molecule has 0 bridgehead atoms. The van der Waals surface area contributed by atoms with Gasteiger partial charge in [-0.2, -0.15) is 0 Å². The minimum atomic E-state index is -0.0259. The van der Waals surface area contributed by atoms with E-state index in [9.17, 15) is 0 Å². The van der Waals surface area contributed by atoms with E-state index in [2.05, 4.69) is 64.8 Å². The fourth-order valence-electron chi connectivity index (χ4n) is 3.18. The summed E-state index contributed by atoms with van der Waals surface area (Å²) in [7, 11) is 0. The lowest BCUT2D eigenvalue weighted by Crippen LogP contribution is -2.22. The number of aryl methyl sites for hydroxylation is 2. The molecule has 1 aliphatic heterocycles. The SMILES string of the molecule is CC(C)(C)c1nnc2n1-c1ccc(-c3cccnc3)cc1CC2. The van der Waals surface area contributed by atoms with Crippen molar-refractivity contribution in [1.29, 1.82) is 0 Å². The maximum Gasteiger partial charge on any atom is 0.143 e. The molecular weight excluding hydrogens is 284 g/mol. The summed E-state index contributed by atoms with van der Waals surface area (Å²) in [6.07, 6.45) is 5.66. The van der Waals surface area contributed by atoms with Gasteiger partial charge in [-0.25, -0.2) is 0 Å². The third-order valence-corrected chi connectivity index (χ3v) is 4.33. The summed E-state index contributed by atoms with van der Waals surface area (Å²) in [5.74, 6) is 2.10. The molecule has 23 heavy (non-hydrogen) atoms. The van der Waals surface area contributed by atoms with E-state index in [-0.39, 0.29) is 5.41 Å². The molecule has 0 atom stereocenters. The number of pyridine rings is 1. The Kier molecular flexibility index (Phi) is 3.08. The minimum absolute atomic E-state index is 0.0259. The fourth-order valence-corrected chi connectivity index (χ4v) is 3.18. The number of hydrogen-bond acceptors (Lipinski definition) is 3. The molecule has 4 heteroatoms. The molecule has 0 aliphatic carbocycles. The molecule has 3 aromatic rings. The van der Waals surface area contributed by atoms with Gasteiger partial charge in [0, 0.05) is 24.2 Å². The number of fused-ring (bicyclic) bond motifs is 3. The van der Waals surface area contributed by atoms with Gasteiger partial charge in [0.05, 0.1) is 5.69 Å². The number of hydrogen-bond donors (Lipinski definition) is 0. The van der Waals surface area contributed by atoms with E-state index in [1.165, 1.54) is 16.8 Å². The molecule has 116 valence electrons. The van der Waals surface area contributed by atoms with Crippen LogP contribution in [0, 0.1) is 0 Å². The number of nitrogens with zero attached hydrogens (tertiary/aromatic N) is 4. The van der Waals surface area contributed by atoms with Crippen LogP contribution in [0.3, 0.4) is 0 Å². The van der Waals surface area contributed by atoms with E-state index in [1.807, 2.05) is 12.3 Å². The maximum absolute atomic E-state index is 4.45. The average Bonchev–Trinajstić information content (AvgIpc) is 3.00. The van der Waals surface area contributed by atoms with Crippen LogP contribution >= 0.6 is 0 Å². The van der Waals surface area contributed by atoms with Gasteiger partial charge in [-0.3, -0.25) is 9.55 Å². The van der Waals surface area contributed by atoms with Gasteiger partial charge in [0.25, 0.3) is 0 Å². The van der Waals surface area contributed by atoms with Gasteiger partial charge in [-0.15, -0.1) is 10.2 Å². The number of benzene rings is 1. The summed E-state index contributed by atoms with van der Waals surface area (Å²) in [5, 5.41) is 8.86. The fraction of sp³-hybridized carbons (Fsp3) is 0.316. The molecule has 3 heterocycles. The smallest absolute Gasteiger partial charge is 0.143 e. The molecule has 4 nitrogen and oxygen atoms in total. The molecule has 0 spiro atoms. The highest BCUT2D eigenvalue weighted by molar-refractivity contribution is 5.66. The molecule has 4 rings (SSSR count). The molecule has 0 N–H and O–H groups in total. The second kappa shape index (κ2) is 5.01. The normalized spacial score (nSPS) is 13.5.